The molecule has 0 bridgehead atoms. The standard InChI is InChI=1S/C21H33N3O2S/c1-2-27(25,26)24-12-10-19(11-13-24)22-21-9-8-18-15-23(16-20(18)21)14-17-6-4-3-5-7-17/h3-7,18-22H,2,8-16H2,1H3/t18-,20+,21-/m1/s1. The molecule has 6 heteroatoms. The number of rotatable bonds is 6. The predicted molar refractivity (Wildman–Crippen MR) is 109 cm³/mol. The zero-order chi connectivity index (χ0) is 18.9. The van der Waals surface area contributed by atoms with Crippen LogP contribution < -0.4 is 5.32 Å². The van der Waals surface area contributed by atoms with Crippen LogP contribution in [-0.2, 0) is 16.6 Å². The van der Waals surface area contributed by atoms with E-state index in [2.05, 4.69) is 40.5 Å². The van der Waals surface area contributed by atoms with E-state index in [1.54, 1.807) is 11.2 Å². The molecular weight excluding hydrogens is 358 g/mol. The van der Waals surface area contributed by atoms with Crippen molar-refractivity contribution in [3.63, 3.8) is 0 Å². The molecule has 0 aromatic heterocycles. The number of benzene rings is 1. The number of hydrogen-bond acceptors (Lipinski definition) is 4. The van der Waals surface area contributed by atoms with E-state index in [0.29, 0.717) is 25.2 Å². The number of likely N-dealkylation sites (tertiary alicyclic amines) is 1. The van der Waals surface area contributed by atoms with E-state index >= 15 is 0 Å². The molecule has 2 aliphatic heterocycles. The summed E-state index contributed by atoms with van der Waals surface area (Å²) >= 11 is 0. The van der Waals surface area contributed by atoms with E-state index in [1.165, 1.54) is 31.5 Å². The molecule has 1 N–H and O–H groups in total. The van der Waals surface area contributed by atoms with Crippen LogP contribution in [-0.4, -0.2) is 61.6 Å². The summed E-state index contributed by atoms with van der Waals surface area (Å²) in [5.41, 5.74) is 1.41. The monoisotopic (exact) mass is 391 g/mol. The minimum absolute atomic E-state index is 0.217. The number of sulfonamides is 1. The summed E-state index contributed by atoms with van der Waals surface area (Å²) in [5, 5.41) is 3.92. The molecule has 150 valence electrons. The summed E-state index contributed by atoms with van der Waals surface area (Å²) in [6.45, 7) is 6.57. The molecule has 3 fully saturated rings. The second kappa shape index (κ2) is 8.19. The van der Waals surface area contributed by atoms with Crippen LogP contribution in [0.5, 0.6) is 0 Å². The lowest BCUT2D eigenvalue weighted by molar-refractivity contribution is 0.243. The zero-order valence-corrected chi connectivity index (χ0v) is 17.2. The first-order valence-corrected chi connectivity index (χ1v) is 12.2. The Morgan fingerprint density at radius 3 is 2.48 bits per heavy atom. The summed E-state index contributed by atoms with van der Waals surface area (Å²) in [5.74, 6) is 1.80. The van der Waals surface area contributed by atoms with Crippen molar-refractivity contribution in [1.82, 2.24) is 14.5 Å². The number of nitrogens with one attached hydrogen (secondary N) is 1. The fourth-order valence-corrected chi connectivity index (χ4v) is 6.45. The third-order valence-corrected chi connectivity index (χ3v) is 8.72. The van der Waals surface area contributed by atoms with Crippen LogP contribution in [0.15, 0.2) is 30.3 Å². The minimum Gasteiger partial charge on any atom is -0.311 e. The Kier molecular flexibility index (Phi) is 5.88. The molecule has 0 amide bonds. The normalized spacial score (nSPS) is 30.6. The van der Waals surface area contributed by atoms with Crippen molar-refractivity contribution < 1.29 is 8.42 Å². The Morgan fingerprint density at radius 2 is 1.78 bits per heavy atom. The number of fused-ring (bicyclic) bond motifs is 1. The van der Waals surface area contributed by atoms with Crippen molar-refractivity contribution >= 4 is 10.0 Å². The van der Waals surface area contributed by atoms with Crippen LogP contribution in [0, 0.1) is 11.8 Å². The topological polar surface area (TPSA) is 52.7 Å². The van der Waals surface area contributed by atoms with Crippen LogP contribution in [0.2, 0.25) is 0 Å². The molecule has 1 aliphatic carbocycles. The van der Waals surface area contributed by atoms with E-state index in [9.17, 15) is 8.42 Å². The maximum atomic E-state index is 12.0. The van der Waals surface area contributed by atoms with Gasteiger partial charge in [-0.1, -0.05) is 30.3 Å². The summed E-state index contributed by atoms with van der Waals surface area (Å²) in [6, 6.07) is 11.9. The van der Waals surface area contributed by atoms with Gasteiger partial charge in [0.2, 0.25) is 10.0 Å². The Hall–Kier alpha value is -0.950. The highest BCUT2D eigenvalue weighted by Crippen LogP contribution is 2.39. The van der Waals surface area contributed by atoms with Crippen LogP contribution in [0.4, 0.5) is 0 Å². The Balaban J connectivity index is 1.28. The van der Waals surface area contributed by atoms with Gasteiger partial charge in [-0.3, -0.25) is 4.90 Å². The average molecular weight is 392 g/mol. The maximum absolute atomic E-state index is 12.0. The molecule has 27 heavy (non-hydrogen) atoms. The highest BCUT2D eigenvalue weighted by atomic mass is 32.2. The smallest absolute Gasteiger partial charge is 0.213 e. The van der Waals surface area contributed by atoms with E-state index < -0.39 is 10.0 Å². The third kappa shape index (κ3) is 4.39. The summed E-state index contributed by atoms with van der Waals surface area (Å²) in [7, 11) is -3.02. The Bertz CT molecular complexity index is 716. The molecule has 2 saturated heterocycles. The van der Waals surface area contributed by atoms with Crippen LogP contribution in [0.25, 0.3) is 0 Å². The highest BCUT2D eigenvalue weighted by molar-refractivity contribution is 7.89. The lowest BCUT2D eigenvalue weighted by atomic mass is 9.96. The van der Waals surface area contributed by atoms with Gasteiger partial charge in [0.1, 0.15) is 0 Å². The second-order valence-corrected chi connectivity index (χ2v) is 10.8. The van der Waals surface area contributed by atoms with Gasteiger partial charge in [-0.2, -0.15) is 0 Å². The van der Waals surface area contributed by atoms with Crippen molar-refractivity contribution in [2.75, 3.05) is 31.9 Å². The number of hydrogen-bond donors (Lipinski definition) is 1. The SMILES string of the molecule is CCS(=O)(=O)N1CCC(N[C@@H]2CC[C@@H]3CN(Cc4ccccc4)C[C@@H]32)CC1. The molecule has 5 nitrogen and oxygen atoms in total. The molecule has 3 atom stereocenters. The third-order valence-electron chi connectivity index (χ3n) is 6.84. The van der Waals surface area contributed by atoms with Crippen LogP contribution in [0.1, 0.15) is 38.2 Å². The van der Waals surface area contributed by atoms with Crippen LogP contribution in [0.3, 0.4) is 0 Å². The molecule has 0 unspecified atom stereocenters. The molecule has 0 radical (unpaired) electrons. The van der Waals surface area contributed by atoms with Crippen LogP contribution >= 0.6 is 0 Å². The molecule has 0 spiro atoms. The van der Waals surface area contributed by atoms with E-state index in [-0.39, 0.29) is 5.75 Å². The van der Waals surface area contributed by atoms with Gasteiger partial charge in [-0.15, -0.1) is 0 Å². The van der Waals surface area contributed by atoms with Gasteiger partial charge in [0, 0.05) is 44.8 Å². The molecular formula is C21H33N3O2S. The van der Waals surface area contributed by atoms with E-state index in [1.807, 2.05) is 0 Å². The fraction of sp³-hybridized carbons (Fsp3) is 0.714. The van der Waals surface area contributed by atoms with Gasteiger partial charge >= 0.3 is 0 Å². The first-order chi connectivity index (χ1) is 13.0. The molecule has 1 aromatic rings. The predicted octanol–water partition coefficient (Wildman–Crippen LogP) is 2.30. The van der Waals surface area contributed by atoms with Gasteiger partial charge in [-0.25, -0.2) is 12.7 Å². The Labute approximate surface area is 164 Å². The Morgan fingerprint density at radius 1 is 1.04 bits per heavy atom. The van der Waals surface area contributed by atoms with Crippen molar-refractivity contribution in [2.24, 2.45) is 11.8 Å². The van der Waals surface area contributed by atoms with Gasteiger partial charge in [0.25, 0.3) is 0 Å². The lowest BCUT2D eigenvalue weighted by Gasteiger charge is -2.34. The van der Waals surface area contributed by atoms with Crippen molar-refractivity contribution in [1.29, 1.82) is 0 Å². The minimum atomic E-state index is -3.02. The number of nitrogens with zero attached hydrogens (tertiary/aromatic N) is 2. The molecule has 3 aliphatic rings. The van der Waals surface area contributed by atoms with Gasteiger partial charge in [0.15, 0.2) is 0 Å². The maximum Gasteiger partial charge on any atom is 0.213 e. The van der Waals surface area contributed by atoms with Gasteiger partial charge < -0.3 is 5.32 Å². The average Bonchev–Trinajstić information content (AvgIpc) is 3.24. The lowest BCUT2D eigenvalue weighted by Crippen LogP contribution is -2.49. The summed E-state index contributed by atoms with van der Waals surface area (Å²) in [6.07, 6.45) is 4.50. The zero-order valence-electron chi connectivity index (χ0n) is 16.4. The number of piperidine rings is 1. The fourth-order valence-electron chi connectivity index (χ4n) is 5.32. The summed E-state index contributed by atoms with van der Waals surface area (Å²) in [4.78, 5) is 2.62. The van der Waals surface area contributed by atoms with Gasteiger partial charge in [0.05, 0.1) is 5.75 Å². The highest BCUT2D eigenvalue weighted by Gasteiger charge is 2.43. The molecule has 2 heterocycles. The van der Waals surface area contributed by atoms with Crippen molar-refractivity contribution in [3.05, 3.63) is 35.9 Å². The first kappa shape index (κ1) is 19.4. The quantitative estimate of drug-likeness (QED) is 0.808. The van der Waals surface area contributed by atoms with Gasteiger partial charge in [-0.05, 0) is 50.0 Å². The molecule has 4 rings (SSSR count). The summed E-state index contributed by atoms with van der Waals surface area (Å²) < 4.78 is 25.8. The molecule has 1 aromatic carbocycles. The molecule has 1 saturated carbocycles. The first-order valence-electron chi connectivity index (χ1n) is 10.6. The van der Waals surface area contributed by atoms with E-state index in [0.717, 1.165) is 31.2 Å². The largest absolute Gasteiger partial charge is 0.311 e. The second-order valence-electron chi connectivity index (χ2n) is 8.53. The van der Waals surface area contributed by atoms with E-state index in [4.69, 9.17) is 0 Å². The van der Waals surface area contributed by atoms with Crippen molar-refractivity contribution in [2.45, 2.75) is 51.2 Å². The van der Waals surface area contributed by atoms with Crippen molar-refractivity contribution in [3.8, 4) is 0 Å².